The molecule has 2 aromatic carbocycles. The minimum atomic E-state index is -1.08. The van der Waals surface area contributed by atoms with Crippen molar-refractivity contribution in [3.8, 4) is 11.5 Å². The molecule has 0 aromatic heterocycles. The van der Waals surface area contributed by atoms with Gasteiger partial charge in [0.2, 0.25) is 0 Å². The fourth-order valence-corrected chi connectivity index (χ4v) is 5.22. The summed E-state index contributed by atoms with van der Waals surface area (Å²) in [4.78, 5) is 27.5. The Balaban J connectivity index is 0.00000201. The number of carboxylic acids is 2. The molecule has 1 fully saturated rings. The Bertz CT molecular complexity index is 1230. The van der Waals surface area contributed by atoms with Crippen molar-refractivity contribution in [2.45, 2.75) is 137 Å². The number of carboxylic acid groups (broad SMARTS) is 2. The van der Waals surface area contributed by atoms with Crippen molar-refractivity contribution in [1.82, 2.24) is 0 Å². The van der Waals surface area contributed by atoms with E-state index in [1.807, 2.05) is 12.4 Å². The van der Waals surface area contributed by atoms with Gasteiger partial charge in [0.15, 0.2) is 0 Å². The summed E-state index contributed by atoms with van der Waals surface area (Å²) in [5, 5.41) is 39.7. The quantitative estimate of drug-likeness (QED) is 0.349. The van der Waals surface area contributed by atoms with Gasteiger partial charge in [-0.25, -0.2) is 0 Å². The third-order valence-corrected chi connectivity index (χ3v) is 7.32. The van der Waals surface area contributed by atoms with Gasteiger partial charge in [0.1, 0.15) is 11.5 Å². The molecule has 0 aliphatic heterocycles. The third kappa shape index (κ3) is 14.9. The Morgan fingerprint density at radius 3 is 1.30 bits per heavy atom. The number of benzene rings is 2. The molecule has 257 valence electrons. The van der Waals surface area contributed by atoms with E-state index in [0.717, 1.165) is 81.0 Å². The smallest absolute Gasteiger partial charge is 0.550 e. The van der Waals surface area contributed by atoms with Crippen LogP contribution < -0.4 is 10.2 Å². The van der Waals surface area contributed by atoms with E-state index in [4.69, 9.17) is 29.8 Å². The molecular weight excluding hydrogens is 627 g/mol. The molecular formula is C37H54CoN2O6. The molecule has 46 heavy (non-hydrogen) atoms. The third-order valence-electron chi connectivity index (χ3n) is 7.32. The molecule has 2 atom stereocenters. The number of aliphatic imine (C=N–C) groups is 2. The standard InChI is InChI=1S/C33H48N2O2.2C2H4O2.Co/c1-9-11-22-15-24(30(36)28(17-22)32(3,4)5)20-34-26-13-14-27(19-26)35-21-25-16-23(12-10-2)18-29(31(25)37)33(6,7)8;2*1-2(3)4;/h15-18,20-21,26-27,36-37H,9-14,19H2,1-8H3;2*1H3,(H,3,4);/q;;;+2/p-2. The number of aryl methyl sites for hydroxylation is 2. The van der Waals surface area contributed by atoms with Crippen LogP contribution in [0, 0.1) is 0 Å². The van der Waals surface area contributed by atoms with E-state index in [1.54, 1.807) is 0 Å². The molecule has 3 rings (SSSR count). The number of hydrogen-bond acceptors (Lipinski definition) is 8. The molecule has 0 bridgehead atoms. The Labute approximate surface area is 286 Å². The maximum atomic E-state index is 11.0. The average molecular weight is 682 g/mol. The molecule has 0 amide bonds. The van der Waals surface area contributed by atoms with Gasteiger partial charge in [-0.3, -0.25) is 9.98 Å². The first-order chi connectivity index (χ1) is 20.8. The van der Waals surface area contributed by atoms with E-state index >= 15 is 0 Å². The van der Waals surface area contributed by atoms with Crippen molar-refractivity contribution in [2.24, 2.45) is 9.98 Å². The SMILES string of the molecule is CC(=O)[O-].CC(=O)[O-].CCCc1cc(C=NC2CCC(N=Cc3cc(CCC)cc(C(C)(C)C)c3O)C2)c(O)c(C(C)(C)C)c1.[Co+2]. The summed E-state index contributed by atoms with van der Waals surface area (Å²) in [5.41, 5.74) is 5.83. The molecule has 0 spiro atoms. The normalized spacial score (nSPS) is 16.3. The second kappa shape index (κ2) is 19.5. The van der Waals surface area contributed by atoms with Crippen molar-refractivity contribution in [1.29, 1.82) is 0 Å². The summed E-state index contributed by atoms with van der Waals surface area (Å²) < 4.78 is 0. The maximum Gasteiger partial charge on any atom is 2.00 e. The molecule has 2 aromatic rings. The van der Waals surface area contributed by atoms with E-state index in [1.165, 1.54) is 11.1 Å². The van der Waals surface area contributed by atoms with E-state index in [0.29, 0.717) is 11.5 Å². The van der Waals surface area contributed by atoms with Crippen molar-refractivity contribution >= 4 is 24.4 Å². The maximum absolute atomic E-state index is 11.0. The van der Waals surface area contributed by atoms with Crippen LogP contribution in [0.25, 0.3) is 0 Å². The van der Waals surface area contributed by atoms with Gasteiger partial charge in [0.25, 0.3) is 0 Å². The zero-order valence-electron chi connectivity index (χ0n) is 29.3. The van der Waals surface area contributed by atoms with E-state index < -0.39 is 11.9 Å². The molecule has 1 aliphatic rings. The van der Waals surface area contributed by atoms with Crippen LogP contribution in [-0.4, -0.2) is 46.7 Å². The number of carbonyl (C=O) groups is 2. The van der Waals surface area contributed by atoms with Gasteiger partial charge in [-0.1, -0.05) is 80.4 Å². The van der Waals surface area contributed by atoms with Gasteiger partial charge in [0.05, 0.1) is 12.1 Å². The predicted octanol–water partition coefficient (Wildman–Crippen LogP) is 5.57. The first kappa shape index (κ1) is 42.8. The fourth-order valence-electron chi connectivity index (χ4n) is 5.22. The molecule has 1 radical (unpaired) electrons. The average Bonchev–Trinajstić information content (AvgIpc) is 3.35. The van der Waals surface area contributed by atoms with Gasteiger partial charge >= 0.3 is 16.8 Å². The van der Waals surface area contributed by atoms with Crippen molar-refractivity contribution in [3.63, 3.8) is 0 Å². The van der Waals surface area contributed by atoms with Gasteiger partial charge in [0, 0.05) is 46.6 Å². The fraction of sp³-hybridized carbons (Fsp3) is 0.568. The van der Waals surface area contributed by atoms with Crippen molar-refractivity contribution < 1.29 is 46.8 Å². The van der Waals surface area contributed by atoms with Crippen molar-refractivity contribution in [2.75, 3.05) is 0 Å². The summed E-state index contributed by atoms with van der Waals surface area (Å²) in [6, 6.07) is 8.85. The number of aromatic hydroxyl groups is 2. The number of nitrogens with zero attached hydrogens (tertiary/aromatic N) is 2. The zero-order valence-corrected chi connectivity index (χ0v) is 30.4. The van der Waals surface area contributed by atoms with E-state index in [2.05, 4.69) is 79.7 Å². The van der Waals surface area contributed by atoms with Crippen LogP contribution in [0.3, 0.4) is 0 Å². The molecule has 0 saturated heterocycles. The molecule has 1 aliphatic carbocycles. The van der Waals surface area contributed by atoms with Crippen LogP contribution >= 0.6 is 0 Å². The second-order valence-corrected chi connectivity index (χ2v) is 13.8. The number of carbonyl (C=O) groups excluding carboxylic acids is 2. The second-order valence-electron chi connectivity index (χ2n) is 13.8. The van der Waals surface area contributed by atoms with Crippen LogP contribution in [0.5, 0.6) is 11.5 Å². The number of phenols is 2. The Kier molecular flexibility index (Phi) is 18.1. The number of aliphatic carboxylic acids is 2. The van der Waals surface area contributed by atoms with Gasteiger partial charge in [-0.15, -0.1) is 0 Å². The number of hydrogen-bond donors (Lipinski definition) is 2. The summed E-state index contributed by atoms with van der Waals surface area (Å²) in [6.07, 6.45) is 10.7. The van der Waals surface area contributed by atoms with E-state index in [9.17, 15) is 10.2 Å². The van der Waals surface area contributed by atoms with Crippen LogP contribution in [0.1, 0.15) is 135 Å². The van der Waals surface area contributed by atoms with Gasteiger partial charge < -0.3 is 30.0 Å². The molecule has 9 heteroatoms. The zero-order chi connectivity index (χ0) is 34.5. The number of phenolic OH excluding ortho intramolecular Hbond substituents is 2. The van der Waals surface area contributed by atoms with Crippen LogP contribution in [0.4, 0.5) is 0 Å². The Morgan fingerprint density at radius 1 is 0.739 bits per heavy atom. The molecule has 0 heterocycles. The van der Waals surface area contributed by atoms with Crippen molar-refractivity contribution in [3.05, 3.63) is 57.6 Å². The van der Waals surface area contributed by atoms with Gasteiger partial charge in [-0.2, -0.15) is 0 Å². The summed E-state index contributed by atoms with van der Waals surface area (Å²) in [6.45, 7) is 19.1. The topological polar surface area (TPSA) is 145 Å². The molecule has 2 N–H and O–H groups in total. The largest absolute Gasteiger partial charge is 2.00 e. The minimum Gasteiger partial charge on any atom is -0.550 e. The molecule has 1 saturated carbocycles. The summed E-state index contributed by atoms with van der Waals surface area (Å²) in [7, 11) is 0. The number of rotatable bonds is 8. The minimum absolute atomic E-state index is 0. The Hall–Kier alpha value is -3.17. The predicted molar refractivity (Wildman–Crippen MR) is 180 cm³/mol. The monoisotopic (exact) mass is 681 g/mol. The van der Waals surface area contributed by atoms with Crippen LogP contribution in [0.2, 0.25) is 0 Å². The first-order valence-corrected chi connectivity index (χ1v) is 15.9. The molecule has 8 nitrogen and oxygen atoms in total. The van der Waals surface area contributed by atoms with E-state index in [-0.39, 0.29) is 39.7 Å². The van der Waals surface area contributed by atoms with Crippen LogP contribution in [0.15, 0.2) is 34.3 Å². The van der Waals surface area contributed by atoms with Crippen LogP contribution in [-0.2, 0) is 50.0 Å². The molecule has 2 unspecified atom stereocenters. The first-order valence-electron chi connectivity index (χ1n) is 15.9. The summed E-state index contributed by atoms with van der Waals surface area (Å²) >= 11 is 0. The van der Waals surface area contributed by atoms with Gasteiger partial charge in [-0.05, 0) is 80.0 Å². The Morgan fingerprint density at radius 2 is 1.04 bits per heavy atom. The summed E-state index contributed by atoms with van der Waals surface area (Å²) in [5.74, 6) is -1.47.